The van der Waals surface area contributed by atoms with Crippen LogP contribution in [0.15, 0.2) is 51.7 Å². The average Bonchev–Trinajstić information content (AvgIpc) is 2.79. The quantitative estimate of drug-likeness (QED) is 0.265. The summed E-state index contributed by atoms with van der Waals surface area (Å²) in [6.07, 6.45) is 1.89. The van der Waals surface area contributed by atoms with E-state index >= 15 is 0 Å². The molecular weight excluding hydrogens is 440 g/mol. The Morgan fingerprint density at radius 3 is 2.48 bits per heavy atom. The molecule has 2 aromatic carbocycles. The molecule has 0 amide bonds. The van der Waals surface area contributed by atoms with Crippen LogP contribution in [0.3, 0.4) is 0 Å². The second kappa shape index (κ2) is 10.4. The van der Waals surface area contributed by atoms with E-state index in [9.17, 15) is 9.59 Å². The molecule has 33 heavy (non-hydrogen) atoms. The molecule has 4 rings (SSSR count). The van der Waals surface area contributed by atoms with Crippen LogP contribution in [0.2, 0.25) is 5.02 Å². The molecule has 6 nitrogen and oxygen atoms in total. The number of nitrogens with zero attached hydrogens (tertiary/aromatic N) is 2. The summed E-state index contributed by atoms with van der Waals surface area (Å²) in [5.41, 5.74) is 2.19. The van der Waals surface area contributed by atoms with Crippen LogP contribution in [0.1, 0.15) is 35.7 Å². The van der Waals surface area contributed by atoms with E-state index in [0.29, 0.717) is 23.5 Å². The van der Waals surface area contributed by atoms with Crippen molar-refractivity contribution in [2.45, 2.75) is 26.7 Å². The number of rotatable bonds is 8. The Morgan fingerprint density at radius 1 is 1.06 bits per heavy atom. The molecule has 2 heterocycles. The van der Waals surface area contributed by atoms with Crippen LogP contribution in [-0.2, 0) is 0 Å². The van der Waals surface area contributed by atoms with E-state index in [-0.39, 0.29) is 5.78 Å². The minimum atomic E-state index is -0.462. The first-order valence-corrected chi connectivity index (χ1v) is 11.7. The standard InChI is InChI=1S/C26H29ClN2O4/c1-18-17-24(31)33-26-22(18)9-10-23(25(26)19(2)30)32-16-4-3-11-28-12-14-29(15-13-28)21-7-5-20(27)6-8-21/h5-10,17H,3-4,11-16H2,1-2H3. The molecule has 174 valence electrons. The highest BCUT2D eigenvalue weighted by Crippen LogP contribution is 2.29. The zero-order chi connectivity index (χ0) is 23.4. The molecule has 0 radical (unpaired) electrons. The lowest BCUT2D eigenvalue weighted by Gasteiger charge is -2.36. The minimum Gasteiger partial charge on any atom is -0.493 e. The zero-order valence-electron chi connectivity index (χ0n) is 19.1. The number of hydrogen-bond acceptors (Lipinski definition) is 6. The molecule has 0 atom stereocenters. The lowest BCUT2D eigenvalue weighted by Crippen LogP contribution is -2.46. The van der Waals surface area contributed by atoms with Gasteiger partial charge in [0.05, 0.1) is 6.61 Å². The molecule has 1 aliphatic heterocycles. The van der Waals surface area contributed by atoms with Gasteiger partial charge in [0.1, 0.15) is 11.3 Å². The molecule has 1 aliphatic rings. The van der Waals surface area contributed by atoms with E-state index in [2.05, 4.69) is 21.9 Å². The third-order valence-corrected chi connectivity index (χ3v) is 6.38. The number of unbranched alkanes of at least 4 members (excludes halogenated alkanes) is 1. The van der Waals surface area contributed by atoms with Crippen molar-refractivity contribution >= 4 is 34.0 Å². The number of fused-ring (bicyclic) bond motifs is 1. The van der Waals surface area contributed by atoms with Gasteiger partial charge in [0.2, 0.25) is 0 Å². The third-order valence-electron chi connectivity index (χ3n) is 6.12. The Morgan fingerprint density at radius 2 is 1.79 bits per heavy atom. The van der Waals surface area contributed by atoms with Gasteiger partial charge in [-0.05, 0) is 75.2 Å². The first kappa shape index (κ1) is 23.3. The van der Waals surface area contributed by atoms with E-state index in [4.69, 9.17) is 20.8 Å². The monoisotopic (exact) mass is 468 g/mol. The van der Waals surface area contributed by atoms with Crippen LogP contribution in [0.4, 0.5) is 5.69 Å². The number of aryl methyl sites for hydroxylation is 1. The van der Waals surface area contributed by atoms with E-state index in [0.717, 1.165) is 61.5 Å². The molecule has 0 spiro atoms. The van der Waals surface area contributed by atoms with E-state index in [1.165, 1.54) is 18.7 Å². The Hall–Kier alpha value is -2.83. The highest BCUT2D eigenvalue weighted by Gasteiger charge is 2.18. The largest absolute Gasteiger partial charge is 0.493 e. The van der Waals surface area contributed by atoms with Crippen molar-refractivity contribution in [2.75, 3.05) is 44.2 Å². The van der Waals surface area contributed by atoms with Crippen molar-refractivity contribution < 1.29 is 13.9 Å². The summed E-state index contributed by atoms with van der Waals surface area (Å²) in [6, 6.07) is 13.1. The molecule has 0 aliphatic carbocycles. The fourth-order valence-corrected chi connectivity index (χ4v) is 4.45. The lowest BCUT2D eigenvalue weighted by molar-refractivity contribution is 0.101. The third kappa shape index (κ3) is 5.57. The number of anilines is 1. The minimum absolute atomic E-state index is 0.178. The number of benzene rings is 2. The maximum Gasteiger partial charge on any atom is 0.336 e. The van der Waals surface area contributed by atoms with Crippen LogP contribution in [-0.4, -0.2) is 50.0 Å². The highest BCUT2D eigenvalue weighted by molar-refractivity contribution is 6.30. The Labute approximate surface area is 198 Å². The van der Waals surface area contributed by atoms with Crippen LogP contribution >= 0.6 is 11.6 Å². The summed E-state index contributed by atoms with van der Waals surface area (Å²) >= 11 is 5.99. The predicted molar refractivity (Wildman–Crippen MR) is 132 cm³/mol. The number of piperazine rings is 1. The molecule has 0 unspecified atom stereocenters. The summed E-state index contributed by atoms with van der Waals surface area (Å²) in [6.45, 7) is 8.88. The van der Waals surface area contributed by atoms with Crippen molar-refractivity contribution in [3.05, 3.63) is 69.0 Å². The van der Waals surface area contributed by atoms with Gasteiger partial charge in [-0.2, -0.15) is 0 Å². The number of ether oxygens (including phenoxy) is 1. The predicted octanol–water partition coefficient (Wildman–Crippen LogP) is 4.94. The van der Waals surface area contributed by atoms with Gasteiger partial charge in [0, 0.05) is 48.3 Å². The second-order valence-corrected chi connectivity index (χ2v) is 8.92. The molecule has 0 bridgehead atoms. The summed E-state index contributed by atoms with van der Waals surface area (Å²) < 4.78 is 11.3. The van der Waals surface area contributed by atoms with Gasteiger partial charge in [0.25, 0.3) is 0 Å². The fourth-order valence-electron chi connectivity index (χ4n) is 4.32. The van der Waals surface area contributed by atoms with Crippen LogP contribution in [0, 0.1) is 6.92 Å². The smallest absolute Gasteiger partial charge is 0.336 e. The molecule has 0 saturated carbocycles. The van der Waals surface area contributed by atoms with Gasteiger partial charge in [-0.25, -0.2) is 4.79 Å². The first-order chi connectivity index (χ1) is 15.9. The van der Waals surface area contributed by atoms with E-state index < -0.39 is 5.63 Å². The zero-order valence-corrected chi connectivity index (χ0v) is 19.9. The fraction of sp³-hybridized carbons (Fsp3) is 0.385. The number of carbonyl (C=O) groups is 1. The number of ketones is 1. The van der Waals surface area contributed by atoms with Crippen molar-refractivity contribution in [1.29, 1.82) is 0 Å². The van der Waals surface area contributed by atoms with Crippen molar-refractivity contribution in [1.82, 2.24) is 4.90 Å². The SMILES string of the molecule is CC(=O)c1c(OCCCCN2CCN(c3ccc(Cl)cc3)CC2)ccc2c(C)cc(=O)oc12. The van der Waals surface area contributed by atoms with Gasteiger partial charge in [0.15, 0.2) is 11.4 Å². The van der Waals surface area contributed by atoms with Gasteiger partial charge in [-0.15, -0.1) is 0 Å². The highest BCUT2D eigenvalue weighted by atomic mass is 35.5. The van der Waals surface area contributed by atoms with E-state index in [1.807, 2.05) is 25.1 Å². The van der Waals surface area contributed by atoms with Gasteiger partial charge >= 0.3 is 5.63 Å². The van der Waals surface area contributed by atoms with Gasteiger partial charge in [-0.1, -0.05) is 11.6 Å². The van der Waals surface area contributed by atoms with Crippen LogP contribution < -0.4 is 15.3 Å². The van der Waals surface area contributed by atoms with Crippen molar-refractivity contribution in [3.63, 3.8) is 0 Å². The number of carbonyl (C=O) groups excluding carboxylic acids is 1. The Kier molecular flexibility index (Phi) is 7.36. The molecule has 1 saturated heterocycles. The van der Waals surface area contributed by atoms with Crippen molar-refractivity contribution in [3.8, 4) is 5.75 Å². The van der Waals surface area contributed by atoms with Crippen LogP contribution in [0.25, 0.3) is 11.0 Å². The Bertz CT molecular complexity index is 1180. The number of Topliss-reactive ketones (excluding diaryl/α,β-unsaturated/α-hetero) is 1. The average molecular weight is 469 g/mol. The normalized spacial score (nSPS) is 14.6. The molecule has 3 aromatic rings. The van der Waals surface area contributed by atoms with Crippen LogP contribution in [0.5, 0.6) is 5.75 Å². The lowest BCUT2D eigenvalue weighted by atomic mass is 10.0. The molecule has 1 fully saturated rings. The second-order valence-electron chi connectivity index (χ2n) is 8.48. The van der Waals surface area contributed by atoms with Crippen molar-refractivity contribution in [2.24, 2.45) is 0 Å². The number of halogens is 1. The summed E-state index contributed by atoms with van der Waals surface area (Å²) in [5, 5.41) is 1.52. The summed E-state index contributed by atoms with van der Waals surface area (Å²) in [7, 11) is 0. The summed E-state index contributed by atoms with van der Waals surface area (Å²) in [4.78, 5) is 29.0. The topological polar surface area (TPSA) is 63.0 Å². The number of hydrogen-bond donors (Lipinski definition) is 0. The van der Waals surface area contributed by atoms with Gasteiger partial charge < -0.3 is 14.1 Å². The maximum atomic E-state index is 12.3. The molecule has 1 aromatic heterocycles. The maximum absolute atomic E-state index is 12.3. The summed E-state index contributed by atoms with van der Waals surface area (Å²) in [5.74, 6) is 0.295. The first-order valence-electron chi connectivity index (χ1n) is 11.4. The molecule has 0 N–H and O–H groups in total. The van der Waals surface area contributed by atoms with E-state index in [1.54, 1.807) is 6.07 Å². The molecular formula is C26H29ClN2O4. The molecule has 7 heteroatoms. The van der Waals surface area contributed by atoms with Gasteiger partial charge in [-0.3, -0.25) is 9.69 Å². The Balaban J connectivity index is 1.27.